The van der Waals surface area contributed by atoms with Crippen LogP contribution in [0.25, 0.3) is 10.2 Å². The summed E-state index contributed by atoms with van der Waals surface area (Å²) < 4.78 is 28.2. The van der Waals surface area contributed by atoms with E-state index in [1.807, 2.05) is 37.3 Å². The quantitative estimate of drug-likeness (QED) is 0.804. The third-order valence-electron chi connectivity index (χ3n) is 3.09. The molecule has 0 aliphatic carbocycles. The molecule has 0 saturated carbocycles. The van der Waals surface area contributed by atoms with Crippen molar-refractivity contribution in [1.82, 2.24) is 9.71 Å². The van der Waals surface area contributed by atoms with Crippen LogP contribution in [0.2, 0.25) is 0 Å². The standard InChI is InChI=1S/C15H14N2O2S2/c1-11-17-14-8-7-13(9-15(14)20-11)21(18,19)16-10-12-5-3-2-4-6-12/h2-9,16H,10H2,1H3. The molecule has 0 saturated heterocycles. The van der Waals surface area contributed by atoms with Gasteiger partial charge in [-0.05, 0) is 30.7 Å². The number of rotatable bonds is 4. The normalized spacial score (nSPS) is 11.9. The summed E-state index contributed by atoms with van der Waals surface area (Å²) >= 11 is 1.49. The molecule has 1 aromatic heterocycles. The van der Waals surface area contributed by atoms with Gasteiger partial charge < -0.3 is 0 Å². The van der Waals surface area contributed by atoms with Crippen molar-refractivity contribution >= 4 is 31.6 Å². The molecule has 0 bridgehead atoms. The van der Waals surface area contributed by atoms with E-state index < -0.39 is 10.0 Å². The van der Waals surface area contributed by atoms with E-state index in [-0.39, 0.29) is 11.4 Å². The second kappa shape index (κ2) is 5.55. The van der Waals surface area contributed by atoms with E-state index in [4.69, 9.17) is 0 Å². The molecule has 0 fully saturated rings. The Hall–Kier alpha value is -1.76. The van der Waals surface area contributed by atoms with Crippen molar-refractivity contribution in [2.75, 3.05) is 0 Å². The number of hydrogen-bond acceptors (Lipinski definition) is 4. The summed E-state index contributed by atoms with van der Waals surface area (Å²) in [6.45, 7) is 2.19. The van der Waals surface area contributed by atoms with E-state index in [0.29, 0.717) is 0 Å². The number of sulfonamides is 1. The Morgan fingerprint density at radius 2 is 1.90 bits per heavy atom. The molecule has 1 heterocycles. The van der Waals surface area contributed by atoms with Crippen molar-refractivity contribution in [3.8, 4) is 0 Å². The highest BCUT2D eigenvalue weighted by Gasteiger charge is 2.15. The van der Waals surface area contributed by atoms with Crippen LogP contribution in [0.1, 0.15) is 10.6 Å². The smallest absolute Gasteiger partial charge is 0.240 e. The van der Waals surface area contributed by atoms with Crippen LogP contribution in [0.5, 0.6) is 0 Å². The third-order valence-corrected chi connectivity index (χ3v) is 5.42. The van der Waals surface area contributed by atoms with Crippen LogP contribution in [0.3, 0.4) is 0 Å². The van der Waals surface area contributed by atoms with Crippen LogP contribution in [0.4, 0.5) is 0 Å². The molecule has 6 heteroatoms. The Morgan fingerprint density at radius 3 is 2.67 bits per heavy atom. The highest BCUT2D eigenvalue weighted by Crippen LogP contribution is 2.24. The molecule has 0 radical (unpaired) electrons. The van der Waals surface area contributed by atoms with Gasteiger partial charge in [0.2, 0.25) is 10.0 Å². The van der Waals surface area contributed by atoms with Crippen molar-refractivity contribution in [2.24, 2.45) is 0 Å². The fourth-order valence-corrected chi connectivity index (χ4v) is 4.03. The van der Waals surface area contributed by atoms with E-state index in [1.165, 1.54) is 11.3 Å². The number of aryl methyl sites for hydroxylation is 1. The van der Waals surface area contributed by atoms with Gasteiger partial charge in [0.1, 0.15) is 0 Å². The average molecular weight is 318 g/mol. The zero-order valence-electron chi connectivity index (χ0n) is 11.4. The number of nitrogens with zero attached hydrogens (tertiary/aromatic N) is 1. The monoisotopic (exact) mass is 318 g/mol. The summed E-state index contributed by atoms with van der Waals surface area (Å²) in [5.41, 5.74) is 1.76. The third kappa shape index (κ3) is 3.12. The largest absolute Gasteiger partial charge is 0.242 e. The van der Waals surface area contributed by atoms with Gasteiger partial charge in [-0.25, -0.2) is 18.1 Å². The molecule has 21 heavy (non-hydrogen) atoms. The SMILES string of the molecule is Cc1nc2ccc(S(=O)(=O)NCc3ccccc3)cc2s1. The Balaban J connectivity index is 1.85. The molecule has 0 atom stereocenters. The summed E-state index contributed by atoms with van der Waals surface area (Å²) in [7, 11) is -3.51. The van der Waals surface area contributed by atoms with E-state index >= 15 is 0 Å². The first-order valence-electron chi connectivity index (χ1n) is 6.45. The lowest BCUT2D eigenvalue weighted by molar-refractivity contribution is 0.581. The number of benzene rings is 2. The molecule has 2 aromatic carbocycles. The molecule has 1 N–H and O–H groups in total. The molecule has 0 spiro atoms. The highest BCUT2D eigenvalue weighted by atomic mass is 32.2. The van der Waals surface area contributed by atoms with Crippen molar-refractivity contribution in [3.05, 3.63) is 59.1 Å². The fourth-order valence-electron chi connectivity index (χ4n) is 2.04. The van der Waals surface area contributed by atoms with Gasteiger partial charge in [-0.2, -0.15) is 0 Å². The molecule has 0 aliphatic rings. The number of aromatic nitrogens is 1. The molecule has 0 amide bonds. The van der Waals surface area contributed by atoms with Crippen molar-refractivity contribution in [1.29, 1.82) is 0 Å². The summed E-state index contributed by atoms with van der Waals surface area (Å²) in [4.78, 5) is 4.61. The van der Waals surface area contributed by atoms with Crippen LogP contribution in [-0.4, -0.2) is 13.4 Å². The minimum absolute atomic E-state index is 0.273. The van der Waals surface area contributed by atoms with E-state index in [1.54, 1.807) is 18.2 Å². The summed E-state index contributed by atoms with van der Waals surface area (Å²) in [5, 5.41) is 0.928. The van der Waals surface area contributed by atoms with Crippen molar-refractivity contribution in [2.45, 2.75) is 18.4 Å². The minimum atomic E-state index is -3.51. The Morgan fingerprint density at radius 1 is 1.14 bits per heavy atom. The average Bonchev–Trinajstić information content (AvgIpc) is 2.85. The first-order valence-corrected chi connectivity index (χ1v) is 8.75. The van der Waals surface area contributed by atoms with Crippen LogP contribution in [-0.2, 0) is 16.6 Å². The van der Waals surface area contributed by atoms with Crippen LogP contribution in [0.15, 0.2) is 53.4 Å². The van der Waals surface area contributed by atoms with Gasteiger partial charge in [0, 0.05) is 6.54 Å². The predicted octanol–water partition coefficient (Wildman–Crippen LogP) is 3.08. The molecule has 0 aliphatic heterocycles. The summed E-state index contributed by atoms with van der Waals surface area (Å²) in [5.74, 6) is 0. The number of thiazole rings is 1. The fraction of sp³-hybridized carbons (Fsp3) is 0.133. The van der Waals surface area contributed by atoms with Crippen molar-refractivity contribution < 1.29 is 8.42 Å². The van der Waals surface area contributed by atoms with Gasteiger partial charge in [-0.15, -0.1) is 11.3 Å². The first kappa shape index (κ1) is 14.2. The van der Waals surface area contributed by atoms with Gasteiger partial charge in [0.15, 0.2) is 0 Å². The van der Waals surface area contributed by atoms with E-state index in [2.05, 4.69) is 9.71 Å². The van der Waals surface area contributed by atoms with E-state index in [9.17, 15) is 8.42 Å². The minimum Gasteiger partial charge on any atom is -0.242 e. The van der Waals surface area contributed by atoms with Crippen LogP contribution in [0, 0.1) is 6.92 Å². The van der Waals surface area contributed by atoms with Gasteiger partial charge >= 0.3 is 0 Å². The van der Waals surface area contributed by atoms with Crippen LogP contribution >= 0.6 is 11.3 Å². The van der Waals surface area contributed by atoms with Gasteiger partial charge in [-0.3, -0.25) is 0 Å². The molecule has 3 aromatic rings. The van der Waals surface area contributed by atoms with E-state index in [0.717, 1.165) is 20.8 Å². The molecule has 4 nitrogen and oxygen atoms in total. The molecule has 108 valence electrons. The number of hydrogen-bond donors (Lipinski definition) is 1. The maximum Gasteiger partial charge on any atom is 0.240 e. The Bertz CT molecular complexity index is 871. The topological polar surface area (TPSA) is 59.1 Å². The predicted molar refractivity (Wildman–Crippen MR) is 84.8 cm³/mol. The summed E-state index contributed by atoms with van der Waals surface area (Å²) in [6, 6.07) is 14.5. The lowest BCUT2D eigenvalue weighted by Crippen LogP contribution is -2.23. The van der Waals surface area contributed by atoms with Gasteiger partial charge in [-0.1, -0.05) is 30.3 Å². The maximum atomic E-state index is 12.3. The molecule has 0 unspecified atom stereocenters. The number of fused-ring (bicyclic) bond motifs is 1. The lowest BCUT2D eigenvalue weighted by atomic mass is 10.2. The van der Waals surface area contributed by atoms with Crippen LogP contribution < -0.4 is 4.72 Å². The maximum absolute atomic E-state index is 12.3. The van der Waals surface area contributed by atoms with Crippen molar-refractivity contribution in [3.63, 3.8) is 0 Å². The summed E-state index contributed by atoms with van der Waals surface area (Å²) in [6.07, 6.45) is 0. The highest BCUT2D eigenvalue weighted by molar-refractivity contribution is 7.89. The Labute approximate surface area is 127 Å². The first-order chi connectivity index (χ1) is 10.0. The zero-order valence-corrected chi connectivity index (χ0v) is 13.0. The molecular formula is C15H14N2O2S2. The molecular weight excluding hydrogens is 304 g/mol. The zero-order chi connectivity index (χ0) is 14.9. The van der Waals surface area contributed by atoms with Gasteiger partial charge in [0.25, 0.3) is 0 Å². The Kier molecular flexibility index (Phi) is 3.75. The molecule has 3 rings (SSSR count). The number of nitrogens with one attached hydrogen (secondary N) is 1. The second-order valence-corrected chi connectivity index (χ2v) is 7.67. The van der Waals surface area contributed by atoms with Gasteiger partial charge in [0.05, 0.1) is 20.1 Å². The second-order valence-electron chi connectivity index (χ2n) is 4.67. The lowest BCUT2D eigenvalue weighted by Gasteiger charge is -2.06.